The standard InChI is InChI=1S/C14H16N2O4/c17-14(18)16(19,12-5-6-15-9-12)11-4-3-10-2-1-7-20-13(10)8-11/h1-4,8,12,15,19H,5-7,9H2. The molecular formula is C14H16N2O4. The number of fused-ring (bicyclic) bond motifs is 1. The number of carboxylic acid groups (broad SMARTS) is 1. The molecule has 1 aromatic rings. The Morgan fingerprint density at radius 2 is 2.35 bits per heavy atom. The van der Waals surface area contributed by atoms with Crippen molar-refractivity contribution in [2.45, 2.75) is 12.5 Å². The van der Waals surface area contributed by atoms with E-state index in [0.29, 0.717) is 31.9 Å². The van der Waals surface area contributed by atoms with Gasteiger partial charge < -0.3 is 20.0 Å². The van der Waals surface area contributed by atoms with Gasteiger partial charge in [0.25, 0.3) is 6.09 Å². The van der Waals surface area contributed by atoms with Gasteiger partial charge >= 0.3 is 0 Å². The summed E-state index contributed by atoms with van der Waals surface area (Å²) < 4.78 is 4.25. The number of nitrogens with one attached hydrogen (secondary N) is 1. The Morgan fingerprint density at radius 3 is 3.05 bits per heavy atom. The molecule has 1 fully saturated rings. The topological polar surface area (TPSA) is 81.6 Å². The Kier molecular flexibility index (Phi) is 3.21. The van der Waals surface area contributed by atoms with E-state index in [0.717, 1.165) is 5.56 Å². The first-order chi connectivity index (χ1) is 9.62. The normalized spacial score (nSPS) is 23.8. The van der Waals surface area contributed by atoms with Gasteiger partial charge in [0.2, 0.25) is 0 Å². The minimum atomic E-state index is -1.52. The lowest BCUT2D eigenvalue weighted by Gasteiger charge is -2.34. The predicted octanol–water partition coefficient (Wildman–Crippen LogP) is 0.494. The number of ether oxygens (including phenoxy) is 1. The zero-order valence-electron chi connectivity index (χ0n) is 10.9. The second kappa shape index (κ2) is 4.90. The lowest BCUT2D eigenvalue weighted by Crippen LogP contribution is -2.64. The van der Waals surface area contributed by atoms with E-state index in [9.17, 15) is 15.1 Å². The molecular weight excluding hydrogens is 260 g/mol. The van der Waals surface area contributed by atoms with Gasteiger partial charge in [0.15, 0.2) is 5.69 Å². The van der Waals surface area contributed by atoms with Crippen molar-refractivity contribution in [1.82, 2.24) is 9.96 Å². The van der Waals surface area contributed by atoms with Gasteiger partial charge in [0.1, 0.15) is 18.4 Å². The van der Waals surface area contributed by atoms with Crippen LogP contribution >= 0.6 is 0 Å². The van der Waals surface area contributed by atoms with Crippen molar-refractivity contribution in [2.75, 3.05) is 19.7 Å². The van der Waals surface area contributed by atoms with E-state index in [2.05, 4.69) is 5.32 Å². The van der Waals surface area contributed by atoms with Gasteiger partial charge in [-0.25, -0.2) is 5.21 Å². The van der Waals surface area contributed by atoms with Gasteiger partial charge in [-0.05, 0) is 12.1 Å². The summed E-state index contributed by atoms with van der Waals surface area (Å²) in [5.41, 5.74) is 1.13. The third kappa shape index (κ3) is 1.98. The summed E-state index contributed by atoms with van der Waals surface area (Å²) in [6.45, 7) is 1.56. The molecule has 0 radical (unpaired) electrons. The third-order valence-corrected chi connectivity index (χ3v) is 3.86. The molecule has 1 aromatic carbocycles. The van der Waals surface area contributed by atoms with Gasteiger partial charge in [0.05, 0.1) is 6.54 Å². The maximum Gasteiger partial charge on any atom is 0.297 e. The summed E-state index contributed by atoms with van der Waals surface area (Å²) >= 11 is 0. The average molecular weight is 276 g/mol. The van der Waals surface area contributed by atoms with Crippen molar-refractivity contribution in [2.24, 2.45) is 0 Å². The van der Waals surface area contributed by atoms with E-state index < -0.39 is 16.8 Å². The minimum Gasteiger partial charge on any atom is -0.496 e. The molecule has 2 aliphatic heterocycles. The molecule has 3 rings (SSSR count). The molecule has 2 N–H and O–H groups in total. The molecule has 6 nitrogen and oxygen atoms in total. The number of carbonyl (C=O) groups excluding carboxylic acids is 1. The van der Waals surface area contributed by atoms with Crippen molar-refractivity contribution in [3.8, 4) is 5.75 Å². The smallest absolute Gasteiger partial charge is 0.297 e. The summed E-state index contributed by atoms with van der Waals surface area (Å²) in [5, 5.41) is 25.2. The zero-order chi connectivity index (χ0) is 14.2. The fourth-order valence-electron chi connectivity index (χ4n) is 2.73. The van der Waals surface area contributed by atoms with Crippen molar-refractivity contribution < 1.29 is 19.8 Å². The van der Waals surface area contributed by atoms with Crippen molar-refractivity contribution in [3.05, 3.63) is 29.8 Å². The number of carbonyl (C=O) groups is 1. The summed E-state index contributed by atoms with van der Waals surface area (Å²) in [6.07, 6.45) is 2.83. The molecule has 0 saturated carbocycles. The number of hydrogen-bond acceptors (Lipinski definition) is 5. The van der Waals surface area contributed by atoms with Crippen LogP contribution < -0.4 is 19.8 Å². The largest absolute Gasteiger partial charge is 0.496 e. The summed E-state index contributed by atoms with van der Waals surface area (Å²) in [7, 11) is 0. The molecule has 0 aromatic heterocycles. The Morgan fingerprint density at radius 1 is 1.50 bits per heavy atom. The molecule has 1 saturated heterocycles. The fourth-order valence-corrected chi connectivity index (χ4v) is 2.73. The van der Waals surface area contributed by atoms with Crippen LogP contribution in [0.25, 0.3) is 6.08 Å². The van der Waals surface area contributed by atoms with E-state index in [1.165, 1.54) is 0 Å². The summed E-state index contributed by atoms with van der Waals surface area (Å²) in [6, 6.07) is 4.46. The Balaban J connectivity index is 2.03. The zero-order valence-corrected chi connectivity index (χ0v) is 10.9. The molecule has 2 atom stereocenters. The van der Waals surface area contributed by atoms with Crippen LogP contribution in [0.4, 0.5) is 10.5 Å². The van der Waals surface area contributed by atoms with Gasteiger partial charge in [0, 0.05) is 30.7 Å². The number of hydrogen-bond donors (Lipinski definition) is 2. The van der Waals surface area contributed by atoms with Gasteiger partial charge in [-0.1, -0.05) is 10.7 Å². The van der Waals surface area contributed by atoms with Gasteiger partial charge in [-0.3, -0.25) is 0 Å². The van der Waals surface area contributed by atoms with E-state index in [1.807, 2.05) is 12.2 Å². The number of amides is 1. The molecule has 1 amide bonds. The number of hydroxylamine groups is 2. The lowest BCUT2D eigenvalue weighted by atomic mass is 10.1. The lowest BCUT2D eigenvalue weighted by molar-refractivity contribution is -0.295. The number of quaternary nitrogens is 1. The molecule has 6 heteroatoms. The van der Waals surface area contributed by atoms with Crippen LogP contribution in [0.3, 0.4) is 0 Å². The highest BCUT2D eigenvalue weighted by Gasteiger charge is 2.43. The Labute approximate surface area is 116 Å². The average Bonchev–Trinajstić information content (AvgIpc) is 3.00. The maximum absolute atomic E-state index is 11.5. The molecule has 106 valence electrons. The molecule has 2 heterocycles. The summed E-state index contributed by atoms with van der Waals surface area (Å²) in [4.78, 5) is 11.5. The molecule has 20 heavy (non-hydrogen) atoms. The Bertz CT molecular complexity index is 566. The highest BCUT2D eigenvalue weighted by Crippen LogP contribution is 2.34. The highest BCUT2D eigenvalue weighted by atomic mass is 16.6. The van der Waals surface area contributed by atoms with E-state index >= 15 is 0 Å². The van der Waals surface area contributed by atoms with Crippen LogP contribution in [0.2, 0.25) is 0 Å². The van der Waals surface area contributed by atoms with E-state index in [4.69, 9.17) is 4.74 Å². The van der Waals surface area contributed by atoms with Gasteiger partial charge in [-0.2, -0.15) is 0 Å². The van der Waals surface area contributed by atoms with Crippen LogP contribution in [0.5, 0.6) is 5.75 Å². The highest BCUT2D eigenvalue weighted by molar-refractivity contribution is 5.79. The van der Waals surface area contributed by atoms with Crippen LogP contribution in [-0.2, 0) is 0 Å². The first-order valence-corrected chi connectivity index (χ1v) is 6.60. The molecule has 0 spiro atoms. The summed E-state index contributed by atoms with van der Waals surface area (Å²) in [5.74, 6) is 0.578. The first kappa shape index (κ1) is 13.1. The van der Waals surface area contributed by atoms with Crippen molar-refractivity contribution in [3.63, 3.8) is 0 Å². The SMILES string of the molecule is O=C([O-])[N+](O)(c1ccc2c(c1)OCC=C2)C1CCNC1. The van der Waals surface area contributed by atoms with Crippen LogP contribution in [-0.4, -0.2) is 37.0 Å². The van der Waals surface area contributed by atoms with Crippen LogP contribution in [0, 0.1) is 0 Å². The number of rotatable bonds is 2. The van der Waals surface area contributed by atoms with Crippen LogP contribution in [0.15, 0.2) is 24.3 Å². The molecule has 0 bridgehead atoms. The quantitative estimate of drug-likeness (QED) is 0.467. The first-order valence-electron chi connectivity index (χ1n) is 6.60. The van der Waals surface area contributed by atoms with Gasteiger partial charge in [-0.15, -0.1) is 0 Å². The van der Waals surface area contributed by atoms with Crippen molar-refractivity contribution in [1.29, 1.82) is 0 Å². The van der Waals surface area contributed by atoms with Crippen molar-refractivity contribution >= 4 is 17.9 Å². The molecule has 2 unspecified atom stereocenters. The number of benzene rings is 1. The second-order valence-electron chi connectivity index (χ2n) is 5.03. The fraction of sp³-hybridized carbons (Fsp3) is 0.357. The predicted molar refractivity (Wildman–Crippen MR) is 71.2 cm³/mol. The van der Waals surface area contributed by atoms with E-state index in [-0.39, 0.29) is 5.69 Å². The monoisotopic (exact) mass is 276 g/mol. The second-order valence-corrected chi connectivity index (χ2v) is 5.03. The maximum atomic E-state index is 11.5. The minimum absolute atomic E-state index is 0.257. The third-order valence-electron chi connectivity index (χ3n) is 3.86. The van der Waals surface area contributed by atoms with E-state index in [1.54, 1.807) is 18.2 Å². The number of nitrogens with zero attached hydrogens (tertiary/aromatic N) is 1. The van der Waals surface area contributed by atoms with Crippen LogP contribution in [0.1, 0.15) is 12.0 Å². The Hall–Kier alpha value is -1.89. The molecule has 2 aliphatic rings. The molecule has 0 aliphatic carbocycles.